The summed E-state index contributed by atoms with van der Waals surface area (Å²) >= 11 is 3.48. The lowest BCUT2D eigenvalue weighted by molar-refractivity contribution is 0.227. The highest BCUT2D eigenvalue weighted by Crippen LogP contribution is 2.30. The fourth-order valence-electron chi connectivity index (χ4n) is 2.19. The Bertz CT molecular complexity index is 562. The molecule has 0 saturated carbocycles. The van der Waals surface area contributed by atoms with Gasteiger partial charge in [-0.15, -0.1) is 0 Å². The summed E-state index contributed by atoms with van der Waals surface area (Å²) in [5, 5.41) is 11.2. The Hall–Kier alpha value is -1.46. The number of aromatic nitrogens is 2. The first kappa shape index (κ1) is 12.6. The van der Waals surface area contributed by atoms with Gasteiger partial charge in [0.15, 0.2) is 0 Å². The number of benzene rings is 1. The lowest BCUT2D eigenvalue weighted by Crippen LogP contribution is -2.30. The highest BCUT2D eigenvalue weighted by Gasteiger charge is 2.22. The van der Waals surface area contributed by atoms with Crippen molar-refractivity contribution in [2.45, 2.75) is 19.1 Å². The van der Waals surface area contributed by atoms with Crippen molar-refractivity contribution >= 4 is 15.9 Å². The van der Waals surface area contributed by atoms with Crippen LogP contribution in [-0.2, 0) is 13.0 Å². The van der Waals surface area contributed by atoms with Gasteiger partial charge in [0, 0.05) is 30.2 Å². The van der Waals surface area contributed by atoms with E-state index in [4.69, 9.17) is 4.74 Å². The normalized spacial score (nSPS) is 17.0. The predicted octanol–water partition coefficient (Wildman–Crippen LogP) is 2.33. The highest BCUT2D eigenvalue weighted by molar-refractivity contribution is 9.10. The Morgan fingerprint density at radius 3 is 3.16 bits per heavy atom. The number of fused-ring (bicyclic) bond motifs is 1. The molecule has 1 aliphatic heterocycles. The van der Waals surface area contributed by atoms with Gasteiger partial charge in [-0.3, -0.25) is 0 Å². The number of halogens is 1. The summed E-state index contributed by atoms with van der Waals surface area (Å²) in [5.74, 6) is 0.995. The maximum atomic E-state index is 5.88. The van der Waals surface area contributed by atoms with Gasteiger partial charge in [0.25, 0.3) is 0 Å². The zero-order valence-electron chi connectivity index (χ0n) is 10.3. The lowest BCUT2D eigenvalue weighted by Gasteiger charge is -2.11. The van der Waals surface area contributed by atoms with E-state index in [1.54, 1.807) is 6.20 Å². The average Bonchev–Trinajstić information content (AvgIpc) is 2.82. The van der Waals surface area contributed by atoms with E-state index >= 15 is 0 Å². The van der Waals surface area contributed by atoms with Crippen LogP contribution < -0.4 is 10.1 Å². The van der Waals surface area contributed by atoms with E-state index in [1.165, 1.54) is 5.56 Å². The molecule has 4 nitrogen and oxygen atoms in total. The van der Waals surface area contributed by atoms with Crippen molar-refractivity contribution in [1.29, 1.82) is 0 Å². The molecular formula is C14H14BrN3O. The molecule has 1 aromatic carbocycles. The van der Waals surface area contributed by atoms with Crippen molar-refractivity contribution in [3.05, 3.63) is 52.3 Å². The molecule has 0 amide bonds. The minimum Gasteiger partial charge on any atom is -0.488 e. The molecular weight excluding hydrogens is 306 g/mol. The van der Waals surface area contributed by atoms with Crippen molar-refractivity contribution in [1.82, 2.24) is 15.5 Å². The molecule has 2 heterocycles. The molecule has 0 fully saturated rings. The van der Waals surface area contributed by atoms with Gasteiger partial charge in [-0.2, -0.15) is 10.2 Å². The van der Waals surface area contributed by atoms with E-state index in [0.717, 1.165) is 28.9 Å². The Morgan fingerprint density at radius 1 is 1.37 bits per heavy atom. The van der Waals surface area contributed by atoms with Crippen LogP contribution in [-0.4, -0.2) is 22.8 Å². The molecule has 1 unspecified atom stereocenters. The molecule has 3 rings (SSSR count). The van der Waals surface area contributed by atoms with E-state index in [0.29, 0.717) is 6.54 Å². The number of rotatable bonds is 4. The summed E-state index contributed by atoms with van der Waals surface area (Å²) < 4.78 is 6.98. The van der Waals surface area contributed by atoms with Crippen LogP contribution in [0.3, 0.4) is 0 Å². The zero-order valence-corrected chi connectivity index (χ0v) is 11.9. The van der Waals surface area contributed by atoms with Crippen LogP contribution in [0.15, 0.2) is 41.0 Å². The van der Waals surface area contributed by atoms with Gasteiger partial charge < -0.3 is 10.1 Å². The first-order chi connectivity index (χ1) is 9.31. The molecule has 1 atom stereocenters. The predicted molar refractivity (Wildman–Crippen MR) is 76.0 cm³/mol. The Balaban J connectivity index is 1.51. The topological polar surface area (TPSA) is 47.0 Å². The van der Waals surface area contributed by atoms with Gasteiger partial charge >= 0.3 is 0 Å². The molecule has 0 spiro atoms. The van der Waals surface area contributed by atoms with Crippen molar-refractivity contribution in [2.24, 2.45) is 0 Å². The summed E-state index contributed by atoms with van der Waals surface area (Å²) in [5.41, 5.74) is 2.21. The minimum absolute atomic E-state index is 0.195. The van der Waals surface area contributed by atoms with Crippen molar-refractivity contribution in [3.8, 4) is 5.75 Å². The second-order valence-electron chi connectivity index (χ2n) is 4.54. The van der Waals surface area contributed by atoms with Gasteiger partial charge in [0.2, 0.25) is 0 Å². The van der Waals surface area contributed by atoms with Gasteiger partial charge in [-0.05, 0) is 35.9 Å². The number of nitrogens with one attached hydrogen (secondary N) is 1. The molecule has 98 valence electrons. The average molecular weight is 320 g/mol. The molecule has 19 heavy (non-hydrogen) atoms. The molecule has 5 heteroatoms. The Labute approximate surface area is 120 Å². The largest absolute Gasteiger partial charge is 0.488 e. The van der Waals surface area contributed by atoms with Crippen molar-refractivity contribution in [2.75, 3.05) is 6.54 Å². The summed E-state index contributed by atoms with van der Waals surface area (Å²) in [6.45, 7) is 1.52. The van der Waals surface area contributed by atoms with Gasteiger partial charge in [0.05, 0.1) is 5.69 Å². The molecule has 0 radical (unpaired) electrons. The third-order valence-corrected chi connectivity index (χ3v) is 3.56. The van der Waals surface area contributed by atoms with Crippen LogP contribution in [0.4, 0.5) is 0 Å². The maximum absolute atomic E-state index is 5.88. The molecule has 0 bridgehead atoms. The smallest absolute Gasteiger partial charge is 0.123 e. The first-order valence-corrected chi connectivity index (χ1v) is 7.03. The standard InChI is InChI=1S/C14H14BrN3O/c15-11-3-4-14-10(6-11)7-13(19-14)9-16-8-12-2-1-5-17-18-12/h1-6,13,16H,7-9H2. The van der Waals surface area contributed by atoms with Crippen molar-refractivity contribution in [3.63, 3.8) is 0 Å². The zero-order chi connectivity index (χ0) is 13.1. The monoisotopic (exact) mass is 319 g/mol. The molecule has 1 aromatic heterocycles. The Morgan fingerprint density at radius 2 is 2.32 bits per heavy atom. The molecule has 1 aliphatic rings. The number of hydrogen-bond acceptors (Lipinski definition) is 4. The SMILES string of the molecule is Brc1ccc2c(c1)CC(CNCc1cccnn1)O2. The minimum atomic E-state index is 0.195. The third kappa shape index (κ3) is 3.11. The summed E-state index contributed by atoms with van der Waals surface area (Å²) in [6, 6.07) is 10.00. The van der Waals surface area contributed by atoms with E-state index < -0.39 is 0 Å². The summed E-state index contributed by atoms with van der Waals surface area (Å²) in [4.78, 5) is 0. The van der Waals surface area contributed by atoms with Gasteiger partial charge in [0.1, 0.15) is 11.9 Å². The number of hydrogen-bond donors (Lipinski definition) is 1. The summed E-state index contributed by atoms with van der Waals surface area (Å²) in [6.07, 6.45) is 2.82. The fraction of sp³-hybridized carbons (Fsp3) is 0.286. The van der Waals surface area contributed by atoms with E-state index in [1.807, 2.05) is 24.3 Å². The Kier molecular flexibility index (Phi) is 3.75. The second kappa shape index (κ2) is 5.67. The van der Waals surface area contributed by atoms with E-state index in [2.05, 4.69) is 37.5 Å². The molecule has 2 aromatic rings. The maximum Gasteiger partial charge on any atom is 0.123 e. The number of ether oxygens (including phenoxy) is 1. The second-order valence-corrected chi connectivity index (χ2v) is 5.46. The third-order valence-electron chi connectivity index (χ3n) is 3.07. The molecule has 1 N–H and O–H groups in total. The number of nitrogens with zero attached hydrogens (tertiary/aromatic N) is 2. The van der Waals surface area contributed by atoms with Crippen molar-refractivity contribution < 1.29 is 4.74 Å². The quantitative estimate of drug-likeness (QED) is 0.939. The van der Waals surface area contributed by atoms with Crippen LogP contribution in [0.5, 0.6) is 5.75 Å². The van der Waals surface area contributed by atoms with Gasteiger partial charge in [-0.25, -0.2) is 0 Å². The van der Waals surface area contributed by atoms with Crippen LogP contribution in [0, 0.1) is 0 Å². The first-order valence-electron chi connectivity index (χ1n) is 6.23. The van der Waals surface area contributed by atoms with E-state index in [-0.39, 0.29) is 6.10 Å². The van der Waals surface area contributed by atoms with Crippen LogP contribution >= 0.6 is 15.9 Å². The fourth-order valence-corrected chi connectivity index (χ4v) is 2.60. The summed E-state index contributed by atoms with van der Waals surface area (Å²) in [7, 11) is 0. The van der Waals surface area contributed by atoms with Crippen LogP contribution in [0.1, 0.15) is 11.3 Å². The van der Waals surface area contributed by atoms with Crippen LogP contribution in [0.25, 0.3) is 0 Å². The van der Waals surface area contributed by atoms with E-state index in [9.17, 15) is 0 Å². The molecule has 0 saturated heterocycles. The van der Waals surface area contributed by atoms with Crippen LogP contribution in [0.2, 0.25) is 0 Å². The molecule has 0 aliphatic carbocycles. The highest BCUT2D eigenvalue weighted by atomic mass is 79.9. The lowest BCUT2D eigenvalue weighted by atomic mass is 10.1. The van der Waals surface area contributed by atoms with Gasteiger partial charge in [-0.1, -0.05) is 15.9 Å².